The van der Waals surface area contributed by atoms with Crippen molar-refractivity contribution in [2.75, 3.05) is 0 Å². The minimum absolute atomic E-state index is 0.501. The van der Waals surface area contributed by atoms with E-state index in [1.807, 2.05) is 0 Å². The quantitative estimate of drug-likeness (QED) is 0.201. The van der Waals surface area contributed by atoms with Crippen molar-refractivity contribution < 1.29 is 4.74 Å². The Kier molecular flexibility index (Phi) is 4.95. The van der Waals surface area contributed by atoms with Gasteiger partial charge in [0, 0.05) is 27.6 Å². The molecule has 2 nitrogen and oxygen atoms in total. The molecule has 10 rings (SSSR count). The van der Waals surface area contributed by atoms with Crippen LogP contribution >= 0.6 is 0 Å². The van der Waals surface area contributed by atoms with Gasteiger partial charge >= 0.3 is 0 Å². The molecular weight excluding hydrogens is 546 g/mol. The number of para-hydroxylation sites is 3. The minimum atomic E-state index is -0.501. The average Bonchev–Trinajstić information content (AvgIpc) is 3.58. The zero-order chi connectivity index (χ0) is 29.5. The molecule has 2 heterocycles. The number of rotatable bonds is 2. The predicted octanol–water partition coefficient (Wildman–Crippen LogP) is 10.9. The molecule has 0 saturated carbocycles. The fraction of sp³-hybridized carbons (Fsp3) is 0.0233. The first kappa shape index (κ1) is 24.6. The molecule has 0 N–H and O–H groups in total. The van der Waals surface area contributed by atoms with Crippen LogP contribution in [-0.4, -0.2) is 4.57 Å². The van der Waals surface area contributed by atoms with Gasteiger partial charge in [-0.15, -0.1) is 0 Å². The van der Waals surface area contributed by atoms with Crippen LogP contribution in [0, 0.1) is 0 Å². The van der Waals surface area contributed by atoms with Gasteiger partial charge in [-0.3, -0.25) is 0 Å². The number of ether oxygens (including phenoxy) is 1. The van der Waals surface area contributed by atoms with E-state index in [-0.39, 0.29) is 0 Å². The third-order valence-electron chi connectivity index (χ3n) is 9.85. The van der Waals surface area contributed by atoms with Crippen LogP contribution in [0.1, 0.15) is 22.3 Å². The van der Waals surface area contributed by atoms with Gasteiger partial charge in [0.1, 0.15) is 11.5 Å². The van der Waals surface area contributed by atoms with Crippen LogP contribution in [0.4, 0.5) is 0 Å². The Balaban J connectivity index is 1.35. The molecule has 210 valence electrons. The summed E-state index contributed by atoms with van der Waals surface area (Å²) in [7, 11) is 0. The SMILES string of the molecule is c1ccc(-c2cccc(-n3c4ccccc4c4cc5c(cc43)C3(c4ccccc4Oc4ccccc43)c3ccccc3-5)c2)cc1. The lowest BCUT2D eigenvalue weighted by atomic mass is 9.66. The number of aromatic nitrogens is 1. The van der Waals surface area contributed by atoms with E-state index >= 15 is 0 Å². The summed E-state index contributed by atoms with van der Waals surface area (Å²) in [5.41, 5.74) is 13.0. The highest BCUT2D eigenvalue weighted by Gasteiger charge is 2.51. The zero-order valence-corrected chi connectivity index (χ0v) is 24.4. The van der Waals surface area contributed by atoms with E-state index in [1.54, 1.807) is 0 Å². The van der Waals surface area contributed by atoms with E-state index in [2.05, 4.69) is 168 Å². The van der Waals surface area contributed by atoms with Crippen LogP contribution in [0.25, 0.3) is 49.7 Å². The lowest BCUT2D eigenvalue weighted by molar-refractivity contribution is 0.436. The van der Waals surface area contributed by atoms with Crippen LogP contribution in [0.15, 0.2) is 164 Å². The summed E-state index contributed by atoms with van der Waals surface area (Å²) in [6.45, 7) is 0. The van der Waals surface area contributed by atoms with Gasteiger partial charge in [0.05, 0.1) is 16.4 Å². The Bertz CT molecular complexity index is 2420. The van der Waals surface area contributed by atoms with Gasteiger partial charge in [0.15, 0.2) is 0 Å². The molecule has 1 aromatic heterocycles. The Labute approximate surface area is 261 Å². The van der Waals surface area contributed by atoms with Crippen molar-refractivity contribution in [3.05, 3.63) is 186 Å². The largest absolute Gasteiger partial charge is 0.457 e. The molecule has 0 bridgehead atoms. The standard InChI is InChI=1S/C43H27NO/c1-2-13-28(14-3-1)29-15-12-16-30(25-29)44-39-22-9-5-18-32(39)34-26-33-31-17-4-6-19-35(31)43(38(33)27-40(34)44)36-20-7-10-23-41(36)45-42-24-11-8-21-37(42)43/h1-27H. The zero-order valence-electron chi connectivity index (χ0n) is 24.4. The summed E-state index contributed by atoms with van der Waals surface area (Å²) in [5, 5.41) is 2.52. The van der Waals surface area contributed by atoms with E-state index in [9.17, 15) is 0 Å². The molecule has 1 aliphatic heterocycles. The van der Waals surface area contributed by atoms with E-state index in [0.29, 0.717) is 0 Å². The number of fused-ring (bicyclic) bond motifs is 12. The van der Waals surface area contributed by atoms with Gasteiger partial charge in [0.2, 0.25) is 0 Å². The molecule has 0 amide bonds. The Morgan fingerprint density at radius 2 is 1.04 bits per heavy atom. The second kappa shape index (κ2) is 9.07. The predicted molar refractivity (Wildman–Crippen MR) is 184 cm³/mol. The highest BCUT2D eigenvalue weighted by atomic mass is 16.5. The monoisotopic (exact) mass is 573 g/mol. The minimum Gasteiger partial charge on any atom is -0.457 e. The molecule has 0 saturated heterocycles. The molecule has 45 heavy (non-hydrogen) atoms. The van der Waals surface area contributed by atoms with Gasteiger partial charge in [-0.25, -0.2) is 0 Å². The van der Waals surface area contributed by atoms with Crippen molar-refractivity contribution in [2.24, 2.45) is 0 Å². The molecule has 8 aromatic rings. The maximum atomic E-state index is 6.57. The summed E-state index contributed by atoms with van der Waals surface area (Å²) < 4.78 is 9.02. The molecular formula is C43H27NO. The van der Waals surface area contributed by atoms with Crippen LogP contribution in [0.2, 0.25) is 0 Å². The number of hydrogen-bond acceptors (Lipinski definition) is 1. The fourth-order valence-electron chi connectivity index (χ4n) is 8.05. The first-order valence-corrected chi connectivity index (χ1v) is 15.5. The highest BCUT2D eigenvalue weighted by Crippen LogP contribution is 2.62. The lowest BCUT2D eigenvalue weighted by Crippen LogP contribution is -2.32. The maximum absolute atomic E-state index is 6.57. The van der Waals surface area contributed by atoms with Gasteiger partial charge in [-0.1, -0.05) is 121 Å². The van der Waals surface area contributed by atoms with Gasteiger partial charge in [-0.2, -0.15) is 0 Å². The summed E-state index contributed by atoms with van der Waals surface area (Å²) in [6.07, 6.45) is 0. The second-order valence-electron chi connectivity index (χ2n) is 12.1. The van der Waals surface area contributed by atoms with Crippen LogP contribution in [0.5, 0.6) is 11.5 Å². The molecule has 0 atom stereocenters. The smallest absolute Gasteiger partial charge is 0.132 e. The Morgan fingerprint density at radius 3 is 1.84 bits per heavy atom. The normalized spacial score (nSPS) is 13.7. The van der Waals surface area contributed by atoms with Gasteiger partial charge in [-0.05, 0) is 75.8 Å². The van der Waals surface area contributed by atoms with Crippen molar-refractivity contribution in [2.45, 2.75) is 5.41 Å². The highest BCUT2D eigenvalue weighted by molar-refractivity contribution is 6.12. The van der Waals surface area contributed by atoms with E-state index in [1.165, 1.54) is 66.3 Å². The van der Waals surface area contributed by atoms with E-state index in [4.69, 9.17) is 4.74 Å². The van der Waals surface area contributed by atoms with E-state index < -0.39 is 5.41 Å². The molecule has 0 radical (unpaired) electrons. The van der Waals surface area contributed by atoms with Crippen LogP contribution < -0.4 is 4.74 Å². The number of hydrogen-bond donors (Lipinski definition) is 0. The average molecular weight is 574 g/mol. The number of nitrogens with zero attached hydrogens (tertiary/aromatic N) is 1. The Morgan fingerprint density at radius 1 is 0.400 bits per heavy atom. The molecule has 2 heteroatoms. The van der Waals surface area contributed by atoms with Crippen molar-refractivity contribution in [1.82, 2.24) is 4.57 Å². The van der Waals surface area contributed by atoms with Crippen molar-refractivity contribution in [3.63, 3.8) is 0 Å². The molecule has 0 fully saturated rings. The summed E-state index contributed by atoms with van der Waals surface area (Å²) >= 11 is 0. The summed E-state index contributed by atoms with van der Waals surface area (Å²) in [6, 6.07) is 59.4. The second-order valence-corrected chi connectivity index (χ2v) is 12.1. The fourth-order valence-corrected chi connectivity index (χ4v) is 8.05. The first-order chi connectivity index (χ1) is 22.3. The molecule has 2 aliphatic rings. The van der Waals surface area contributed by atoms with Crippen LogP contribution in [-0.2, 0) is 5.41 Å². The van der Waals surface area contributed by atoms with E-state index in [0.717, 1.165) is 17.2 Å². The van der Waals surface area contributed by atoms with Crippen molar-refractivity contribution in [1.29, 1.82) is 0 Å². The van der Waals surface area contributed by atoms with Crippen molar-refractivity contribution in [3.8, 4) is 39.4 Å². The van der Waals surface area contributed by atoms with Crippen molar-refractivity contribution >= 4 is 21.8 Å². The number of benzene rings is 7. The maximum Gasteiger partial charge on any atom is 0.132 e. The lowest BCUT2D eigenvalue weighted by Gasteiger charge is -2.39. The third kappa shape index (κ3) is 3.23. The summed E-state index contributed by atoms with van der Waals surface area (Å²) in [5.74, 6) is 1.82. The molecule has 1 aliphatic carbocycles. The van der Waals surface area contributed by atoms with Crippen LogP contribution in [0.3, 0.4) is 0 Å². The van der Waals surface area contributed by atoms with Gasteiger partial charge < -0.3 is 9.30 Å². The molecule has 1 spiro atoms. The molecule has 0 unspecified atom stereocenters. The molecule has 7 aromatic carbocycles. The topological polar surface area (TPSA) is 14.2 Å². The van der Waals surface area contributed by atoms with Gasteiger partial charge in [0.25, 0.3) is 0 Å². The summed E-state index contributed by atoms with van der Waals surface area (Å²) in [4.78, 5) is 0. The Hall–Kier alpha value is -5.86. The third-order valence-corrected chi connectivity index (χ3v) is 9.85. The first-order valence-electron chi connectivity index (χ1n) is 15.5.